The molecule has 0 saturated heterocycles. The fraction of sp³-hybridized carbons (Fsp3) is 0.773. The standard InChI is InChI=1S/C22H39N/c1-3-4-5-6-7-8-9-10-11-12-13-14-15-16-19-22-21(2)18-17-20-23-22/h17-18,20H,3-16,19H2,1-2H3. The molecule has 0 fully saturated rings. The Morgan fingerprint density at radius 2 is 1.17 bits per heavy atom. The SMILES string of the molecule is CCCCCCCCCCCCCCCCc1ncccc1C. The summed E-state index contributed by atoms with van der Waals surface area (Å²) in [6, 6.07) is 4.20. The molecule has 132 valence electrons. The molecule has 0 aliphatic heterocycles. The zero-order valence-corrected chi connectivity index (χ0v) is 15.8. The Morgan fingerprint density at radius 1 is 0.696 bits per heavy atom. The third-order valence-electron chi connectivity index (χ3n) is 4.88. The highest BCUT2D eigenvalue weighted by Crippen LogP contribution is 2.14. The van der Waals surface area contributed by atoms with Crippen molar-refractivity contribution in [2.24, 2.45) is 0 Å². The highest BCUT2D eigenvalue weighted by Gasteiger charge is 1.98. The first-order chi connectivity index (χ1) is 11.3. The van der Waals surface area contributed by atoms with Crippen molar-refractivity contribution in [2.45, 2.75) is 110 Å². The summed E-state index contributed by atoms with van der Waals surface area (Å²) in [5.41, 5.74) is 2.65. The number of hydrogen-bond donors (Lipinski definition) is 0. The maximum Gasteiger partial charge on any atom is 0.0432 e. The molecule has 1 rings (SSSR count). The van der Waals surface area contributed by atoms with Crippen molar-refractivity contribution >= 4 is 0 Å². The van der Waals surface area contributed by atoms with Gasteiger partial charge < -0.3 is 0 Å². The van der Waals surface area contributed by atoms with E-state index in [2.05, 4.69) is 24.9 Å². The summed E-state index contributed by atoms with van der Waals surface area (Å²) in [6.45, 7) is 4.46. The molecule has 1 aromatic rings. The van der Waals surface area contributed by atoms with Gasteiger partial charge in [-0.15, -0.1) is 0 Å². The van der Waals surface area contributed by atoms with Crippen LogP contribution in [0.5, 0.6) is 0 Å². The largest absolute Gasteiger partial charge is 0.261 e. The Hall–Kier alpha value is -0.850. The van der Waals surface area contributed by atoms with Crippen LogP contribution in [0.1, 0.15) is 108 Å². The van der Waals surface area contributed by atoms with E-state index in [0.717, 1.165) is 6.42 Å². The predicted octanol–water partition coefficient (Wildman–Crippen LogP) is 7.41. The second-order valence-electron chi connectivity index (χ2n) is 7.11. The first-order valence-corrected chi connectivity index (χ1v) is 10.2. The quantitative estimate of drug-likeness (QED) is 0.307. The van der Waals surface area contributed by atoms with E-state index in [-0.39, 0.29) is 0 Å². The number of rotatable bonds is 15. The van der Waals surface area contributed by atoms with Crippen molar-refractivity contribution in [3.05, 3.63) is 29.6 Å². The number of pyridine rings is 1. The van der Waals surface area contributed by atoms with Crippen molar-refractivity contribution < 1.29 is 0 Å². The van der Waals surface area contributed by atoms with Crippen LogP contribution in [0.25, 0.3) is 0 Å². The number of aryl methyl sites for hydroxylation is 2. The Balaban J connectivity index is 1.79. The lowest BCUT2D eigenvalue weighted by molar-refractivity contribution is 0.535. The average Bonchev–Trinajstić information content (AvgIpc) is 2.57. The molecule has 0 aliphatic carbocycles. The normalized spacial score (nSPS) is 11.0. The number of nitrogens with zero attached hydrogens (tertiary/aromatic N) is 1. The highest BCUT2D eigenvalue weighted by atomic mass is 14.7. The Bertz CT molecular complexity index is 372. The summed E-state index contributed by atoms with van der Waals surface area (Å²) >= 11 is 0. The molecule has 0 amide bonds. The monoisotopic (exact) mass is 317 g/mol. The molecule has 1 heterocycles. The lowest BCUT2D eigenvalue weighted by Crippen LogP contribution is -1.93. The fourth-order valence-electron chi connectivity index (χ4n) is 3.27. The van der Waals surface area contributed by atoms with Crippen LogP contribution in [0.4, 0.5) is 0 Å². The van der Waals surface area contributed by atoms with Crippen LogP contribution in [-0.4, -0.2) is 4.98 Å². The van der Waals surface area contributed by atoms with E-state index in [1.54, 1.807) is 0 Å². The second kappa shape index (κ2) is 14.7. The Labute approximate surface area is 145 Å². The van der Waals surface area contributed by atoms with Gasteiger partial charge >= 0.3 is 0 Å². The van der Waals surface area contributed by atoms with E-state index in [9.17, 15) is 0 Å². The van der Waals surface area contributed by atoms with E-state index in [1.807, 2.05) is 12.3 Å². The van der Waals surface area contributed by atoms with Gasteiger partial charge in [0.2, 0.25) is 0 Å². The van der Waals surface area contributed by atoms with Crippen molar-refractivity contribution in [1.82, 2.24) is 4.98 Å². The second-order valence-corrected chi connectivity index (χ2v) is 7.11. The lowest BCUT2D eigenvalue weighted by Gasteiger charge is -2.05. The van der Waals surface area contributed by atoms with Crippen molar-refractivity contribution in [2.75, 3.05) is 0 Å². The number of hydrogen-bond acceptors (Lipinski definition) is 1. The van der Waals surface area contributed by atoms with Gasteiger partial charge in [-0.3, -0.25) is 4.98 Å². The first-order valence-electron chi connectivity index (χ1n) is 10.2. The maximum absolute atomic E-state index is 4.48. The van der Waals surface area contributed by atoms with Gasteiger partial charge in [-0.05, 0) is 31.4 Å². The van der Waals surface area contributed by atoms with Crippen LogP contribution >= 0.6 is 0 Å². The van der Waals surface area contributed by atoms with E-state index in [1.165, 1.54) is 101 Å². The molecule has 0 aromatic carbocycles. The number of aromatic nitrogens is 1. The summed E-state index contributed by atoms with van der Waals surface area (Å²) in [7, 11) is 0. The Kier molecular flexibility index (Phi) is 12.9. The molecule has 23 heavy (non-hydrogen) atoms. The molecule has 0 spiro atoms. The highest BCUT2D eigenvalue weighted by molar-refractivity contribution is 5.17. The minimum Gasteiger partial charge on any atom is -0.261 e. The smallest absolute Gasteiger partial charge is 0.0432 e. The number of unbranched alkanes of at least 4 members (excludes halogenated alkanes) is 13. The van der Waals surface area contributed by atoms with Crippen molar-refractivity contribution in [1.29, 1.82) is 0 Å². The molecule has 0 saturated carbocycles. The maximum atomic E-state index is 4.48. The van der Waals surface area contributed by atoms with Gasteiger partial charge in [0.05, 0.1) is 0 Å². The molecule has 0 bridgehead atoms. The lowest BCUT2D eigenvalue weighted by atomic mass is 10.0. The Morgan fingerprint density at radius 3 is 1.65 bits per heavy atom. The van der Waals surface area contributed by atoms with Crippen LogP contribution in [0.2, 0.25) is 0 Å². The first kappa shape index (κ1) is 20.2. The van der Waals surface area contributed by atoms with Crippen LogP contribution < -0.4 is 0 Å². The van der Waals surface area contributed by atoms with Gasteiger partial charge in [-0.2, -0.15) is 0 Å². The van der Waals surface area contributed by atoms with Gasteiger partial charge in [0, 0.05) is 11.9 Å². The molecule has 0 N–H and O–H groups in total. The van der Waals surface area contributed by atoms with Crippen LogP contribution in [-0.2, 0) is 6.42 Å². The van der Waals surface area contributed by atoms with Crippen LogP contribution in [0, 0.1) is 6.92 Å². The summed E-state index contributed by atoms with van der Waals surface area (Å²) in [4.78, 5) is 4.48. The van der Waals surface area contributed by atoms with E-state index in [4.69, 9.17) is 0 Å². The summed E-state index contributed by atoms with van der Waals surface area (Å²) in [5.74, 6) is 0. The van der Waals surface area contributed by atoms with E-state index in [0.29, 0.717) is 0 Å². The topological polar surface area (TPSA) is 12.9 Å². The van der Waals surface area contributed by atoms with Crippen LogP contribution in [0.15, 0.2) is 18.3 Å². The summed E-state index contributed by atoms with van der Waals surface area (Å²) < 4.78 is 0. The molecule has 1 heteroatoms. The molecular formula is C22H39N. The van der Waals surface area contributed by atoms with Gasteiger partial charge in [0.25, 0.3) is 0 Å². The zero-order chi connectivity index (χ0) is 16.6. The van der Waals surface area contributed by atoms with Crippen molar-refractivity contribution in [3.63, 3.8) is 0 Å². The summed E-state index contributed by atoms with van der Waals surface area (Å²) in [6.07, 6.45) is 23.0. The van der Waals surface area contributed by atoms with E-state index < -0.39 is 0 Å². The third kappa shape index (κ3) is 11.3. The minimum absolute atomic E-state index is 1.16. The molecular weight excluding hydrogens is 278 g/mol. The predicted molar refractivity (Wildman–Crippen MR) is 103 cm³/mol. The molecule has 0 radical (unpaired) electrons. The van der Waals surface area contributed by atoms with E-state index >= 15 is 0 Å². The van der Waals surface area contributed by atoms with Gasteiger partial charge in [0.1, 0.15) is 0 Å². The molecule has 0 aliphatic rings. The zero-order valence-electron chi connectivity index (χ0n) is 15.8. The van der Waals surface area contributed by atoms with Gasteiger partial charge in [-0.1, -0.05) is 96.5 Å². The fourth-order valence-corrected chi connectivity index (χ4v) is 3.27. The van der Waals surface area contributed by atoms with Gasteiger partial charge in [0.15, 0.2) is 0 Å². The van der Waals surface area contributed by atoms with Crippen molar-refractivity contribution in [3.8, 4) is 0 Å². The molecule has 1 aromatic heterocycles. The summed E-state index contributed by atoms with van der Waals surface area (Å²) in [5, 5.41) is 0. The molecule has 0 atom stereocenters. The molecule has 0 unspecified atom stereocenters. The van der Waals surface area contributed by atoms with Gasteiger partial charge in [-0.25, -0.2) is 0 Å². The average molecular weight is 318 g/mol. The third-order valence-corrected chi connectivity index (χ3v) is 4.88. The molecule has 1 nitrogen and oxygen atoms in total. The van der Waals surface area contributed by atoms with Crippen LogP contribution in [0.3, 0.4) is 0 Å². The minimum atomic E-state index is 1.16.